The number of hydrogen-bond donors (Lipinski definition) is 1. The Morgan fingerprint density at radius 3 is 2.68 bits per heavy atom. The molecule has 1 heterocycles. The van der Waals surface area contributed by atoms with Gasteiger partial charge in [0.2, 0.25) is 0 Å². The summed E-state index contributed by atoms with van der Waals surface area (Å²) >= 11 is 6.18. The fourth-order valence-electron chi connectivity index (χ4n) is 2.19. The fraction of sp³-hybridized carbons (Fsp3) is 0.118. The molecule has 0 saturated heterocycles. The normalized spacial score (nSPS) is 10.7. The lowest BCUT2D eigenvalue weighted by Gasteiger charge is -2.10. The second-order valence-electron chi connectivity index (χ2n) is 4.83. The van der Waals surface area contributed by atoms with Crippen molar-refractivity contribution in [3.8, 4) is 5.75 Å². The van der Waals surface area contributed by atoms with Gasteiger partial charge in [-0.15, -0.1) is 0 Å². The summed E-state index contributed by atoms with van der Waals surface area (Å²) < 4.78 is 18.8. The average molecular weight is 317 g/mol. The van der Waals surface area contributed by atoms with Crippen LogP contribution in [0.25, 0.3) is 10.9 Å². The molecule has 5 heteroatoms. The van der Waals surface area contributed by atoms with E-state index in [1.54, 1.807) is 25.3 Å². The number of anilines is 1. The number of pyridine rings is 1. The molecule has 2 aromatic carbocycles. The second kappa shape index (κ2) is 6.20. The molecule has 1 aromatic heterocycles. The van der Waals surface area contributed by atoms with Gasteiger partial charge < -0.3 is 10.1 Å². The number of hydrogen-bond acceptors (Lipinski definition) is 3. The van der Waals surface area contributed by atoms with Crippen molar-refractivity contribution in [1.82, 2.24) is 4.98 Å². The molecule has 0 aliphatic carbocycles. The van der Waals surface area contributed by atoms with E-state index in [-0.39, 0.29) is 5.82 Å². The van der Waals surface area contributed by atoms with Gasteiger partial charge in [-0.2, -0.15) is 0 Å². The standard InChI is InChI=1S/C17H14ClFN2O/c1-22-12-7-5-11(6-8-12)10-20-17-14(18)9-13-15(19)3-2-4-16(13)21-17/h2-9H,10H2,1H3,(H,20,21). The minimum Gasteiger partial charge on any atom is -0.497 e. The minimum atomic E-state index is -0.325. The summed E-state index contributed by atoms with van der Waals surface area (Å²) in [5.41, 5.74) is 1.64. The van der Waals surface area contributed by atoms with Crippen molar-refractivity contribution in [1.29, 1.82) is 0 Å². The van der Waals surface area contributed by atoms with Gasteiger partial charge in [-0.1, -0.05) is 29.8 Å². The van der Waals surface area contributed by atoms with E-state index in [9.17, 15) is 4.39 Å². The summed E-state index contributed by atoms with van der Waals surface area (Å²) in [6.45, 7) is 0.567. The van der Waals surface area contributed by atoms with Gasteiger partial charge in [-0.3, -0.25) is 0 Å². The predicted octanol–water partition coefficient (Wildman–Crippen LogP) is 4.65. The molecule has 0 spiro atoms. The van der Waals surface area contributed by atoms with E-state index in [1.807, 2.05) is 24.3 Å². The molecule has 3 rings (SSSR count). The zero-order chi connectivity index (χ0) is 15.5. The number of nitrogens with zero attached hydrogens (tertiary/aromatic N) is 1. The lowest BCUT2D eigenvalue weighted by Crippen LogP contribution is -2.02. The van der Waals surface area contributed by atoms with Gasteiger partial charge in [0.1, 0.15) is 17.4 Å². The van der Waals surface area contributed by atoms with Crippen molar-refractivity contribution in [2.24, 2.45) is 0 Å². The molecule has 0 amide bonds. The van der Waals surface area contributed by atoms with Crippen molar-refractivity contribution in [3.63, 3.8) is 0 Å². The molecule has 0 bridgehead atoms. The van der Waals surface area contributed by atoms with Gasteiger partial charge in [-0.25, -0.2) is 9.37 Å². The number of fused-ring (bicyclic) bond motifs is 1. The van der Waals surface area contributed by atoms with Crippen molar-refractivity contribution >= 4 is 28.3 Å². The number of halogens is 2. The van der Waals surface area contributed by atoms with Crippen LogP contribution in [0.3, 0.4) is 0 Å². The van der Waals surface area contributed by atoms with Crippen LogP contribution in [0.2, 0.25) is 5.02 Å². The molecule has 0 fully saturated rings. The number of ether oxygens (including phenoxy) is 1. The van der Waals surface area contributed by atoms with Crippen molar-refractivity contribution in [2.75, 3.05) is 12.4 Å². The molecule has 112 valence electrons. The van der Waals surface area contributed by atoms with Crippen LogP contribution in [0.1, 0.15) is 5.56 Å². The first-order valence-corrected chi connectivity index (χ1v) is 7.17. The van der Waals surface area contributed by atoms with Crippen LogP contribution in [0.15, 0.2) is 48.5 Å². The summed E-state index contributed by atoms with van der Waals surface area (Å²) in [6.07, 6.45) is 0. The van der Waals surface area contributed by atoms with Gasteiger partial charge >= 0.3 is 0 Å². The van der Waals surface area contributed by atoms with Gasteiger partial charge in [0.15, 0.2) is 0 Å². The number of benzene rings is 2. The Balaban J connectivity index is 1.82. The van der Waals surface area contributed by atoms with Crippen molar-refractivity contribution in [3.05, 3.63) is 64.9 Å². The molecule has 3 aromatic rings. The minimum absolute atomic E-state index is 0.325. The first kappa shape index (κ1) is 14.6. The molecule has 0 aliphatic rings. The number of aromatic nitrogens is 1. The van der Waals surface area contributed by atoms with Crippen LogP contribution in [-0.4, -0.2) is 12.1 Å². The molecule has 1 N–H and O–H groups in total. The fourth-order valence-corrected chi connectivity index (χ4v) is 2.41. The summed E-state index contributed by atoms with van der Waals surface area (Å²) in [5, 5.41) is 3.99. The van der Waals surface area contributed by atoms with Gasteiger partial charge in [-0.05, 0) is 35.9 Å². The predicted molar refractivity (Wildman–Crippen MR) is 87.0 cm³/mol. The molecular formula is C17H14ClFN2O. The van der Waals surface area contributed by atoms with Gasteiger partial charge in [0.25, 0.3) is 0 Å². The van der Waals surface area contributed by atoms with Crippen LogP contribution in [0.4, 0.5) is 10.2 Å². The Morgan fingerprint density at radius 2 is 1.95 bits per heavy atom. The van der Waals surface area contributed by atoms with Crippen LogP contribution in [0, 0.1) is 5.82 Å². The molecule has 0 unspecified atom stereocenters. The zero-order valence-corrected chi connectivity index (χ0v) is 12.7. The SMILES string of the molecule is COc1ccc(CNc2nc3cccc(F)c3cc2Cl)cc1. The highest BCUT2D eigenvalue weighted by Crippen LogP contribution is 2.26. The molecule has 0 radical (unpaired) electrons. The molecule has 0 atom stereocenters. The average Bonchev–Trinajstić information content (AvgIpc) is 2.54. The molecule has 22 heavy (non-hydrogen) atoms. The van der Waals surface area contributed by atoms with Crippen LogP contribution in [0.5, 0.6) is 5.75 Å². The topological polar surface area (TPSA) is 34.1 Å². The molecule has 0 aliphatic heterocycles. The third-order valence-corrected chi connectivity index (χ3v) is 3.67. The Labute approximate surface area is 132 Å². The van der Waals surface area contributed by atoms with Crippen molar-refractivity contribution in [2.45, 2.75) is 6.54 Å². The maximum Gasteiger partial charge on any atom is 0.145 e. The van der Waals surface area contributed by atoms with Crippen LogP contribution in [-0.2, 0) is 6.54 Å². The number of methoxy groups -OCH3 is 1. The lowest BCUT2D eigenvalue weighted by atomic mass is 10.2. The van der Waals surface area contributed by atoms with E-state index in [4.69, 9.17) is 16.3 Å². The first-order chi connectivity index (χ1) is 10.7. The van der Waals surface area contributed by atoms with Gasteiger partial charge in [0.05, 0.1) is 17.6 Å². The van der Waals surface area contributed by atoms with E-state index in [0.29, 0.717) is 28.3 Å². The van der Waals surface area contributed by atoms with Gasteiger partial charge in [0, 0.05) is 11.9 Å². The Bertz CT molecular complexity index is 806. The first-order valence-electron chi connectivity index (χ1n) is 6.79. The van der Waals surface area contributed by atoms with E-state index < -0.39 is 0 Å². The third-order valence-electron chi connectivity index (χ3n) is 3.38. The third kappa shape index (κ3) is 2.97. The molecule has 0 saturated carbocycles. The largest absolute Gasteiger partial charge is 0.497 e. The summed E-state index contributed by atoms with van der Waals surface area (Å²) in [4.78, 5) is 4.38. The monoisotopic (exact) mass is 316 g/mol. The number of nitrogens with one attached hydrogen (secondary N) is 1. The summed E-state index contributed by atoms with van der Waals surface area (Å²) in [7, 11) is 1.63. The highest BCUT2D eigenvalue weighted by molar-refractivity contribution is 6.33. The lowest BCUT2D eigenvalue weighted by molar-refractivity contribution is 0.414. The zero-order valence-electron chi connectivity index (χ0n) is 11.9. The van der Waals surface area contributed by atoms with E-state index in [2.05, 4.69) is 10.3 Å². The second-order valence-corrected chi connectivity index (χ2v) is 5.23. The van der Waals surface area contributed by atoms with Crippen LogP contribution >= 0.6 is 11.6 Å². The van der Waals surface area contributed by atoms with Crippen molar-refractivity contribution < 1.29 is 9.13 Å². The smallest absolute Gasteiger partial charge is 0.145 e. The molecular weight excluding hydrogens is 303 g/mol. The van der Waals surface area contributed by atoms with E-state index in [1.165, 1.54) is 6.07 Å². The van der Waals surface area contributed by atoms with E-state index >= 15 is 0 Å². The highest BCUT2D eigenvalue weighted by Gasteiger charge is 2.08. The summed E-state index contributed by atoms with van der Waals surface area (Å²) in [6, 6.07) is 14.1. The summed E-state index contributed by atoms with van der Waals surface area (Å²) in [5.74, 6) is 1.02. The Morgan fingerprint density at radius 1 is 1.18 bits per heavy atom. The van der Waals surface area contributed by atoms with E-state index in [0.717, 1.165) is 11.3 Å². The molecule has 3 nitrogen and oxygen atoms in total. The Kier molecular flexibility index (Phi) is 4.11. The maximum absolute atomic E-state index is 13.7. The maximum atomic E-state index is 13.7. The van der Waals surface area contributed by atoms with Crippen LogP contribution < -0.4 is 10.1 Å². The quantitative estimate of drug-likeness (QED) is 0.761. The number of rotatable bonds is 4. The highest BCUT2D eigenvalue weighted by atomic mass is 35.5. The Hall–Kier alpha value is -2.33.